The van der Waals surface area contributed by atoms with E-state index >= 15 is 0 Å². The maximum absolute atomic E-state index is 11.5. The van der Waals surface area contributed by atoms with E-state index in [0.717, 1.165) is 4.73 Å². The zero-order chi connectivity index (χ0) is 14.5. The van der Waals surface area contributed by atoms with Crippen LogP contribution in [0.25, 0.3) is 0 Å². The van der Waals surface area contributed by atoms with E-state index in [9.17, 15) is 15.3 Å². The second kappa shape index (κ2) is 6.20. The molecule has 0 saturated carbocycles. The molecule has 0 saturated heterocycles. The highest BCUT2D eigenvalue weighted by atomic mass is 32.2. The van der Waals surface area contributed by atoms with Gasteiger partial charge in [0, 0.05) is 12.1 Å². The number of nitrogens with zero attached hydrogens (tertiary/aromatic N) is 4. The Bertz CT molecular complexity index is 641. The second-order valence-corrected chi connectivity index (χ2v) is 4.84. The van der Waals surface area contributed by atoms with Gasteiger partial charge in [0.2, 0.25) is 5.82 Å². The summed E-state index contributed by atoms with van der Waals surface area (Å²) in [7, 11) is 0. The number of thioether (sulfide) groups is 1. The van der Waals surface area contributed by atoms with E-state index in [-0.39, 0.29) is 5.82 Å². The van der Waals surface area contributed by atoms with E-state index in [4.69, 9.17) is 0 Å². The topological polar surface area (TPSA) is 87.9 Å². The van der Waals surface area contributed by atoms with Crippen LogP contribution in [0.4, 0.5) is 5.82 Å². The predicted molar refractivity (Wildman–Crippen MR) is 74.0 cm³/mol. The number of aromatic nitrogens is 3. The van der Waals surface area contributed by atoms with E-state index in [2.05, 4.69) is 11.6 Å². The van der Waals surface area contributed by atoms with Crippen LogP contribution >= 0.6 is 11.8 Å². The van der Waals surface area contributed by atoms with Crippen LogP contribution in [-0.2, 0) is 12.3 Å². The molecule has 0 aromatic carbocycles. The summed E-state index contributed by atoms with van der Waals surface area (Å²) in [6, 6.07) is 5.09. The van der Waals surface area contributed by atoms with Crippen molar-refractivity contribution in [3.63, 3.8) is 0 Å². The third-order valence-corrected chi connectivity index (χ3v) is 3.57. The molecule has 0 aliphatic rings. The Morgan fingerprint density at radius 1 is 1.55 bits per heavy atom. The normalized spacial score (nSPS) is 10.4. The Hall–Kier alpha value is -2.35. The van der Waals surface area contributed by atoms with Crippen molar-refractivity contribution >= 4 is 17.6 Å². The van der Waals surface area contributed by atoms with Crippen molar-refractivity contribution in [1.82, 2.24) is 9.55 Å². The zero-order valence-electron chi connectivity index (χ0n) is 10.5. The number of allylic oxidation sites excluding steroid dienone is 1. The molecule has 2 heterocycles. The SMILES string of the molecule is C=CCn1c([N+](=O)[O-])cnc1CSc1cccc[n+]1[O-]. The van der Waals surface area contributed by atoms with Gasteiger partial charge in [0.05, 0.1) is 5.75 Å². The van der Waals surface area contributed by atoms with Gasteiger partial charge in [0.15, 0.2) is 6.20 Å². The third-order valence-electron chi connectivity index (χ3n) is 2.55. The number of pyridine rings is 1. The van der Waals surface area contributed by atoms with E-state index in [0.29, 0.717) is 23.1 Å². The van der Waals surface area contributed by atoms with Crippen molar-refractivity contribution in [3.8, 4) is 0 Å². The molecule has 8 heteroatoms. The number of imidazole rings is 1. The fraction of sp³-hybridized carbons (Fsp3) is 0.167. The summed E-state index contributed by atoms with van der Waals surface area (Å²) in [4.78, 5) is 14.4. The van der Waals surface area contributed by atoms with Crippen LogP contribution in [0.1, 0.15) is 5.82 Å². The molecule has 7 nitrogen and oxygen atoms in total. The number of nitro groups is 1. The number of rotatable bonds is 6. The lowest BCUT2D eigenvalue weighted by molar-refractivity contribution is -0.645. The van der Waals surface area contributed by atoms with Gasteiger partial charge in [-0.15, -0.1) is 0 Å². The summed E-state index contributed by atoms with van der Waals surface area (Å²) in [5.74, 6) is 0.822. The molecular formula is C12H12N4O3S. The van der Waals surface area contributed by atoms with Crippen LogP contribution < -0.4 is 4.73 Å². The monoisotopic (exact) mass is 292 g/mol. The van der Waals surface area contributed by atoms with Crippen molar-refractivity contribution < 1.29 is 9.65 Å². The molecule has 20 heavy (non-hydrogen) atoms. The van der Waals surface area contributed by atoms with Crippen LogP contribution in [0.5, 0.6) is 0 Å². The largest absolute Gasteiger partial charge is 0.618 e. The molecule has 0 aliphatic heterocycles. The molecule has 0 unspecified atom stereocenters. The lowest BCUT2D eigenvalue weighted by Gasteiger charge is -2.03. The van der Waals surface area contributed by atoms with Gasteiger partial charge in [-0.25, -0.2) is 9.55 Å². The molecule has 0 amide bonds. The summed E-state index contributed by atoms with van der Waals surface area (Å²) in [6.07, 6.45) is 4.19. The highest BCUT2D eigenvalue weighted by Gasteiger charge is 2.20. The molecule has 2 aromatic heterocycles. The molecule has 2 rings (SSSR count). The lowest BCUT2D eigenvalue weighted by atomic mass is 10.5. The van der Waals surface area contributed by atoms with Gasteiger partial charge in [-0.2, -0.15) is 4.73 Å². The quantitative estimate of drug-likeness (QED) is 0.203. The Labute approximate surface area is 119 Å². The first-order valence-electron chi connectivity index (χ1n) is 5.74. The maximum atomic E-state index is 11.5. The van der Waals surface area contributed by atoms with Crippen LogP contribution in [0.2, 0.25) is 0 Å². The maximum Gasteiger partial charge on any atom is 0.343 e. The van der Waals surface area contributed by atoms with Crippen LogP contribution in [0.3, 0.4) is 0 Å². The minimum Gasteiger partial charge on any atom is -0.618 e. The van der Waals surface area contributed by atoms with Crippen LogP contribution in [0, 0.1) is 15.3 Å². The van der Waals surface area contributed by atoms with Gasteiger partial charge in [0.25, 0.3) is 5.03 Å². The summed E-state index contributed by atoms with van der Waals surface area (Å²) in [5.41, 5.74) is 0. The molecule has 0 bridgehead atoms. The Balaban J connectivity index is 2.19. The van der Waals surface area contributed by atoms with E-state index in [1.165, 1.54) is 28.7 Å². The molecule has 104 valence electrons. The Morgan fingerprint density at radius 2 is 2.35 bits per heavy atom. The smallest absolute Gasteiger partial charge is 0.343 e. The van der Waals surface area contributed by atoms with Gasteiger partial charge >= 0.3 is 5.82 Å². The molecule has 0 radical (unpaired) electrons. The fourth-order valence-corrected chi connectivity index (χ4v) is 2.53. The van der Waals surface area contributed by atoms with Crippen molar-refractivity contribution in [2.45, 2.75) is 17.3 Å². The zero-order valence-corrected chi connectivity index (χ0v) is 11.3. The summed E-state index contributed by atoms with van der Waals surface area (Å²) >= 11 is 1.28. The molecular weight excluding hydrogens is 280 g/mol. The minimum absolute atomic E-state index is 0.0800. The third kappa shape index (κ3) is 2.97. The summed E-state index contributed by atoms with van der Waals surface area (Å²) in [6.45, 7) is 3.88. The average molecular weight is 292 g/mol. The van der Waals surface area contributed by atoms with Gasteiger partial charge in [-0.3, -0.25) is 0 Å². The molecule has 0 fully saturated rings. The number of hydrogen-bond donors (Lipinski definition) is 0. The van der Waals surface area contributed by atoms with E-state index in [1.807, 2.05) is 0 Å². The summed E-state index contributed by atoms with van der Waals surface area (Å²) < 4.78 is 2.22. The van der Waals surface area contributed by atoms with Crippen molar-refractivity contribution in [3.05, 3.63) is 64.4 Å². The lowest BCUT2D eigenvalue weighted by Crippen LogP contribution is -2.27. The van der Waals surface area contributed by atoms with Crippen LogP contribution in [-0.4, -0.2) is 14.5 Å². The van der Waals surface area contributed by atoms with Gasteiger partial charge in [-0.05, 0) is 22.8 Å². The predicted octanol–water partition coefficient (Wildman–Crippen LogP) is 1.90. The molecule has 0 N–H and O–H groups in total. The first-order valence-corrected chi connectivity index (χ1v) is 6.72. The first-order chi connectivity index (χ1) is 9.63. The minimum atomic E-state index is -0.485. The highest BCUT2D eigenvalue weighted by molar-refractivity contribution is 7.98. The van der Waals surface area contributed by atoms with E-state index < -0.39 is 4.92 Å². The molecule has 0 spiro atoms. The Kier molecular flexibility index (Phi) is 4.36. The van der Waals surface area contributed by atoms with E-state index in [1.54, 1.807) is 24.3 Å². The molecule has 0 aliphatic carbocycles. The first kappa shape index (κ1) is 14.1. The van der Waals surface area contributed by atoms with Crippen molar-refractivity contribution in [1.29, 1.82) is 0 Å². The van der Waals surface area contributed by atoms with Gasteiger partial charge in [-0.1, -0.05) is 12.7 Å². The van der Waals surface area contributed by atoms with Crippen molar-refractivity contribution in [2.75, 3.05) is 0 Å². The van der Waals surface area contributed by atoms with Gasteiger partial charge in [0.1, 0.15) is 12.7 Å². The number of hydrogen-bond acceptors (Lipinski definition) is 5. The standard InChI is InChI=1S/C12H12N4O3S/c1-2-6-14-10(13-8-11(14)16(18)19)9-20-12-5-3-4-7-15(12)17/h2-5,7-8H,1,6,9H2. The molecule has 0 atom stereocenters. The fourth-order valence-electron chi connectivity index (χ4n) is 1.66. The van der Waals surface area contributed by atoms with Crippen LogP contribution in [0.15, 0.2) is 48.3 Å². The highest BCUT2D eigenvalue weighted by Crippen LogP contribution is 2.22. The average Bonchev–Trinajstić information content (AvgIpc) is 2.82. The molecule has 2 aromatic rings. The van der Waals surface area contributed by atoms with Gasteiger partial charge < -0.3 is 15.3 Å². The Morgan fingerprint density at radius 3 is 3.00 bits per heavy atom. The summed E-state index contributed by atoms with van der Waals surface area (Å²) in [5, 5.41) is 22.9. The van der Waals surface area contributed by atoms with Crippen molar-refractivity contribution in [2.24, 2.45) is 0 Å². The second-order valence-electron chi connectivity index (χ2n) is 3.84.